The molecule has 8 heteroatoms. The lowest BCUT2D eigenvalue weighted by Gasteiger charge is -2.15. The molecule has 1 amide bonds. The lowest BCUT2D eigenvalue weighted by Crippen LogP contribution is -2.27. The van der Waals surface area contributed by atoms with Crippen LogP contribution in [0.15, 0.2) is 65.5 Å². The second-order valence-electron chi connectivity index (χ2n) is 7.31. The van der Waals surface area contributed by atoms with E-state index in [1.165, 1.54) is 26.0 Å². The third-order valence-corrected chi connectivity index (χ3v) is 5.24. The van der Waals surface area contributed by atoms with E-state index in [2.05, 4.69) is 10.4 Å². The smallest absolute Gasteiger partial charge is 0.279 e. The molecule has 0 fully saturated rings. The molecule has 1 heterocycles. The van der Waals surface area contributed by atoms with Crippen molar-refractivity contribution >= 4 is 22.4 Å². The topological polar surface area (TPSA) is 91.7 Å². The predicted octanol–water partition coefficient (Wildman–Crippen LogP) is 3.97. The standard InChI is InChI=1S/C25H23N3O5/c1-15-9-12-21(32-3)19(13-15)26-24(29)23-17-7-5-6-8-18(17)25(30)28(27-23)20-11-10-16(31-2)14-22(20)33-4/h5-14H,1-4H3,(H,26,29). The van der Waals surface area contributed by atoms with Crippen molar-refractivity contribution < 1.29 is 19.0 Å². The summed E-state index contributed by atoms with van der Waals surface area (Å²) in [5.74, 6) is 0.986. The van der Waals surface area contributed by atoms with Crippen LogP contribution >= 0.6 is 0 Å². The molecule has 8 nitrogen and oxygen atoms in total. The third kappa shape index (κ3) is 4.10. The van der Waals surface area contributed by atoms with Gasteiger partial charge < -0.3 is 19.5 Å². The van der Waals surface area contributed by atoms with Gasteiger partial charge in [0.1, 0.15) is 22.9 Å². The van der Waals surface area contributed by atoms with E-state index >= 15 is 0 Å². The van der Waals surface area contributed by atoms with Gasteiger partial charge in [-0.2, -0.15) is 9.78 Å². The van der Waals surface area contributed by atoms with Crippen LogP contribution in [0.3, 0.4) is 0 Å². The summed E-state index contributed by atoms with van der Waals surface area (Å²) in [5.41, 5.74) is 1.56. The van der Waals surface area contributed by atoms with Gasteiger partial charge in [0.05, 0.1) is 32.4 Å². The maximum Gasteiger partial charge on any atom is 0.279 e. The summed E-state index contributed by atoms with van der Waals surface area (Å²) in [6.07, 6.45) is 0. The van der Waals surface area contributed by atoms with Crippen LogP contribution in [0.2, 0.25) is 0 Å². The highest BCUT2D eigenvalue weighted by atomic mass is 16.5. The SMILES string of the molecule is COc1ccc(-n2nc(C(=O)Nc3cc(C)ccc3OC)c3ccccc3c2=O)c(OC)c1. The fourth-order valence-electron chi connectivity index (χ4n) is 3.58. The molecule has 0 saturated heterocycles. The van der Waals surface area contributed by atoms with Crippen LogP contribution in [-0.2, 0) is 0 Å². The summed E-state index contributed by atoms with van der Waals surface area (Å²) in [7, 11) is 4.56. The number of rotatable bonds is 6. The van der Waals surface area contributed by atoms with Gasteiger partial charge in [-0.3, -0.25) is 9.59 Å². The van der Waals surface area contributed by atoms with Gasteiger partial charge in [-0.05, 0) is 42.8 Å². The fourth-order valence-corrected chi connectivity index (χ4v) is 3.58. The Labute approximate surface area is 190 Å². The highest BCUT2D eigenvalue weighted by Crippen LogP contribution is 2.29. The molecule has 168 valence electrons. The first kappa shape index (κ1) is 21.9. The van der Waals surface area contributed by atoms with E-state index in [4.69, 9.17) is 14.2 Å². The number of hydrogen-bond acceptors (Lipinski definition) is 6. The van der Waals surface area contributed by atoms with E-state index in [-0.39, 0.29) is 11.3 Å². The molecule has 0 atom stereocenters. The van der Waals surface area contributed by atoms with Crippen LogP contribution in [0.5, 0.6) is 17.2 Å². The monoisotopic (exact) mass is 445 g/mol. The van der Waals surface area contributed by atoms with Crippen LogP contribution in [0.4, 0.5) is 5.69 Å². The number of nitrogens with one attached hydrogen (secondary N) is 1. The Hall–Kier alpha value is -4.33. The molecule has 0 aliphatic heterocycles. The van der Waals surface area contributed by atoms with Gasteiger partial charge in [0.15, 0.2) is 5.69 Å². The summed E-state index contributed by atoms with van der Waals surface area (Å²) in [6, 6.07) is 17.3. The zero-order valence-corrected chi connectivity index (χ0v) is 18.7. The highest BCUT2D eigenvalue weighted by Gasteiger charge is 2.20. The lowest BCUT2D eigenvalue weighted by molar-refractivity contribution is 0.102. The summed E-state index contributed by atoms with van der Waals surface area (Å²) >= 11 is 0. The fraction of sp³-hybridized carbons (Fsp3) is 0.160. The Balaban J connectivity index is 1.90. The van der Waals surface area contributed by atoms with Crippen molar-refractivity contribution in [3.8, 4) is 22.9 Å². The van der Waals surface area contributed by atoms with E-state index in [0.717, 1.165) is 5.56 Å². The van der Waals surface area contributed by atoms with Crippen LogP contribution in [0, 0.1) is 6.92 Å². The molecule has 4 aromatic rings. The van der Waals surface area contributed by atoms with E-state index in [1.807, 2.05) is 13.0 Å². The maximum atomic E-state index is 13.4. The molecule has 0 radical (unpaired) electrons. The Morgan fingerprint density at radius 1 is 0.879 bits per heavy atom. The maximum absolute atomic E-state index is 13.4. The van der Waals surface area contributed by atoms with Gasteiger partial charge in [-0.1, -0.05) is 24.3 Å². The molecule has 1 aromatic heterocycles. The van der Waals surface area contributed by atoms with Crippen LogP contribution in [0.1, 0.15) is 16.1 Å². The molecule has 0 spiro atoms. The number of fused-ring (bicyclic) bond motifs is 1. The quantitative estimate of drug-likeness (QED) is 0.483. The zero-order chi connectivity index (χ0) is 23.5. The van der Waals surface area contributed by atoms with Gasteiger partial charge in [-0.15, -0.1) is 0 Å². The van der Waals surface area contributed by atoms with E-state index in [9.17, 15) is 9.59 Å². The third-order valence-electron chi connectivity index (χ3n) is 5.24. The minimum absolute atomic E-state index is 0.0895. The molecular formula is C25H23N3O5. The molecule has 0 aliphatic carbocycles. The average Bonchev–Trinajstić information content (AvgIpc) is 2.84. The first-order valence-corrected chi connectivity index (χ1v) is 10.2. The first-order valence-electron chi connectivity index (χ1n) is 10.2. The van der Waals surface area contributed by atoms with Gasteiger partial charge in [0, 0.05) is 11.5 Å². The number of carbonyl (C=O) groups is 1. The number of anilines is 1. The highest BCUT2D eigenvalue weighted by molar-refractivity contribution is 6.11. The number of carbonyl (C=O) groups excluding carboxylic acids is 1. The average molecular weight is 445 g/mol. The molecule has 3 aromatic carbocycles. The number of ether oxygens (including phenoxy) is 3. The molecule has 1 N–H and O–H groups in total. The number of methoxy groups -OCH3 is 3. The van der Waals surface area contributed by atoms with Gasteiger partial charge in [0.25, 0.3) is 11.5 Å². The minimum Gasteiger partial charge on any atom is -0.497 e. The molecule has 0 aliphatic rings. The number of aryl methyl sites for hydroxylation is 1. The molecule has 4 rings (SSSR count). The van der Waals surface area contributed by atoms with Crippen molar-refractivity contribution in [1.29, 1.82) is 0 Å². The number of amides is 1. The van der Waals surface area contributed by atoms with Crippen molar-refractivity contribution in [3.63, 3.8) is 0 Å². The normalized spacial score (nSPS) is 10.7. The molecular weight excluding hydrogens is 422 g/mol. The second kappa shape index (κ2) is 9.04. The second-order valence-corrected chi connectivity index (χ2v) is 7.31. The Kier molecular flexibility index (Phi) is 5.99. The zero-order valence-electron chi connectivity index (χ0n) is 18.7. The van der Waals surface area contributed by atoms with Crippen LogP contribution < -0.4 is 25.1 Å². The molecule has 33 heavy (non-hydrogen) atoms. The van der Waals surface area contributed by atoms with E-state index in [0.29, 0.717) is 39.4 Å². The van der Waals surface area contributed by atoms with Crippen LogP contribution in [-0.4, -0.2) is 37.0 Å². The predicted molar refractivity (Wildman–Crippen MR) is 126 cm³/mol. The van der Waals surface area contributed by atoms with Crippen molar-refractivity contribution in [1.82, 2.24) is 9.78 Å². The van der Waals surface area contributed by atoms with E-state index < -0.39 is 5.91 Å². The van der Waals surface area contributed by atoms with Gasteiger partial charge in [0.2, 0.25) is 0 Å². The van der Waals surface area contributed by atoms with Crippen molar-refractivity contribution in [3.05, 3.63) is 82.3 Å². The van der Waals surface area contributed by atoms with Gasteiger partial charge in [-0.25, -0.2) is 0 Å². The van der Waals surface area contributed by atoms with Crippen molar-refractivity contribution in [2.45, 2.75) is 6.92 Å². The first-order chi connectivity index (χ1) is 16.0. The Bertz CT molecular complexity index is 1410. The Morgan fingerprint density at radius 3 is 2.30 bits per heavy atom. The van der Waals surface area contributed by atoms with Gasteiger partial charge >= 0.3 is 0 Å². The summed E-state index contributed by atoms with van der Waals surface area (Å²) < 4.78 is 17.2. The lowest BCUT2D eigenvalue weighted by atomic mass is 10.1. The van der Waals surface area contributed by atoms with Crippen molar-refractivity contribution in [2.75, 3.05) is 26.6 Å². The molecule has 0 unspecified atom stereocenters. The Morgan fingerprint density at radius 2 is 1.61 bits per heavy atom. The van der Waals surface area contributed by atoms with E-state index in [1.54, 1.807) is 54.6 Å². The summed E-state index contributed by atoms with van der Waals surface area (Å²) in [6.45, 7) is 1.92. The number of aromatic nitrogens is 2. The largest absolute Gasteiger partial charge is 0.497 e. The summed E-state index contributed by atoms with van der Waals surface area (Å²) in [5, 5.41) is 8.10. The summed E-state index contributed by atoms with van der Waals surface area (Å²) in [4.78, 5) is 26.7. The molecule has 0 bridgehead atoms. The van der Waals surface area contributed by atoms with Crippen LogP contribution in [0.25, 0.3) is 16.5 Å². The number of benzene rings is 3. The number of hydrogen-bond donors (Lipinski definition) is 1. The minimum atomic E-state index is -0.476. The van der Waals surface area contributed by atoms with Crippen molar-refractivity contribution in [2.24, 2.45) is 0 Å². The molecule has 0 saturated carbocycles. The number of nitrogens with zero attached hydrogens (tertiary/aromatic N) is 2.